The first-order chi connectivity index (χ1) is 13.7. The smallest absolute Gasteiger partial charge is 0.231 e. The van der Waals surface area contributed by atoms with Crippen molar-refractivity contribution < 1.29 is 9.15 Å². The molecule has 28 heavy (non-hydrogen) atoms. The number of thiocarbonyl (C=S) groups is 1. The van der Waals surface area contributed by atoms with Crippen molar-refractivity contribution in [3.63, 3.8) is 0 Å². The molecule has 3 aromatic rings. The number of rotatable bonds is 3. The van der Waals surface area contributed by atoms with Gasteiger partial charge in [0.1, 0.15) is 5.82 Å². The van der Waals surface area contributed by atoms with Gasteiger partial charge in [0.2, 0.25) is 5.71 Å². The third kappa shape index (κ3) is 2.88. The Morgan fingerprint density at radius 1 is 1.04 bits per heavy atom. The minimum absolute atomic E-state index is 0.565. The Balaban J connectivity index is 1.68. The van der Waals surface area contributed by atoms with Crippen LogP contribution >= 0.6 is 12.2 Å². The highest BCUT2D eigenvalue weighted by Crippen LogP contribution is 2.40. The average Bonchev–Trinajstić information content (AvgIpc) is 3.10. The van der Waals surface area contributed by atoms with Gasteiger partial charge in [-0.05, 0) is 42.4 Å². The number of morpholine rings is 1. The Hall–Kier alpha value is -2.44. The number of pyridine rings is 1. The number of aryl methyl sites for hydroxylation is 1. The number of hydrogen-bond donors (Lipinski definition) is 1. The van der Waals surface area contributed by atoms with E-state index in [9.17, 15) is 0 Å². The molecular weight excluding hydrogens is 370 g/mol. The van der Waals surface area contributed by atoms with E-state index in [0.717, 1.165) is 62.3 Å². The molecule has 0 saturated carbocycles. The van der Waals surface area contributed by atoms with Crippen LogP contribution < -0.4 is 10.6 Å². The fraction of sp³-hybridized carbons (Fsp3) is 0.364. The second-order valence-electron chi connectivity index (χ2n) is 7.42. The zero-order chi connectivity index (χ0) is 19.1. The molecule has 1 aromatic carbocycles. The molecule has 2 N–H and O–H groups in total. The first-order valence-electron chi connectivity index (χ1n) is 9.90. The topological polar surface area (TPSA) is 64.5 Å². The summed E-state index contributed by atoms with van der Waals surface area (Å²) in [7, 11) is 0. The summed E-state index contributed by atoms with van der Waals surface area (Å²) in [4.78, 5) is 7.89. The molecule has 5 nitrogen and oxygen atoms in total. The zero-order valence-electron chi connectivity index (χ0n) is 15.7. The van der Waals surface area contributed by atoms with Crippen molar-refractivity contribution in [3.05, 3.63) is 52.8 Å². The lowest BCUT2D eigenvalue weighted by molar-refractivity contribution is 0.122. The molecule has 3 heterocycles. The summed E-state index contributed by atoms with van der Waals surface area (Å²) in [5.41, 5.74) is 11.4. The van der Waals surface area contributed by atoms with Gasteiger partial charge in [-0.2, -0.15) is 4.98 Å². The first kappa shape index (κ1) is 17.6. The second-order valence-corrected chi connectivity index (χ2v) is 7.83. The lowest BCUT2D eigenvalue weighted by Gasteiger charge is -2.31. The molecule has 2 aliphatic rings. The first-order valence-corrected chi connectivity index (χ1v) is 10.3. The van der Waals surface area contributed by atoms with Gasteiger partial charge in [0.15, 0.2) is 5.76 Å². The zero-order valence-corrected chi connectivity index (χ0v) is 16.6. The van der Waals surface area contributed by atoms with Gasteiger partial charge in [-0.25, -0.2) is 0 Å². The summed E-state index contributed by atoms with van der Waals surface area (Å²) in [6.45, 7) is 3.18. The maximum Gasteiger partial charge on any atom is 0.231 e. The Bertz CT molecular complexity index is 1040. The number of aromatic nitrogens is 1. The molecule has 1 fully saturated rings. The van der Waals surface area contributed by atoms with Crippen molar-refractivity contribution >= 4 is 39.7 Å². The third-order valence-corrected chi connectivity index (χ3v) is 6.15. The highest BCUT2D eigenvalue weighted by atomic mass is 32.1. The Morgan fingerprint density at radius 3 is 2.50 bits per heavy atom. The molecule has 1 saturated heterocycles. The number of benzene rings is 1. The summed E-state index contributed by atoms with van der Waals surface area (Å²) in [5, 5.41) is 0.958. The molecule has 6 heteroatoms. The fourth-order valence-electron chi connectivity index (χ4n) is 4.32. The van der Waals surface area contributed by atoms with Crippen LogP contribution in [0, 0.1) is 0 Å². The monoisotopic (exact) mass is 393 g/mol. The summed E-state index contributed by atoms with van der Waals surface area (Å²) in [6.07, 6.45) is 4.39. The van der Waals surface area contributed by atoms with Gasteiger partial charge in [0.05, 0.1) is 29.2 Å². The van der Waals surface area contributed by atoms with Crippen molar-refractivity contribution in [1.82, 2.24) is 4.98 Å². The fourth-order valence-corrected chi connectivity index (χ4v) is 4.61. The number of fused-ring (bicyclic) bond motifs is 3. The van der Waals surface area contributed by atoms with Gasteiger partial charge >= 0.3 is 0 Å². The normalized spacial score (nSPS) is 16.9. The van der Waals surface area contributed by atoms with E-state index in [0.29, 0.717) is 22.0 Å². The van der Waals surface area contributed by atoms with Crippen molar-refractivity contribution in [2.75, 3.05) is 36.9 Å². The van der Waals surface area contributed by atoms with Crippen molar-refractivity contribution in [2.45, 2.75) is 25.7 Å². The lowest BCUT2D eigenvalue weighted by atomic mass is 9.89. The predicted molar refractivity (Wildman–Crippen MR) is 115 cm³/mol. The van der Waals surface area contributed by atoms with Gasteiger partial charge in [0, 0.05) is 13.1 Å². The highest BCUT2D eigenvalue weighted by Gasteiger charge is 2.28. The molecule has 0 atom stereocenters. The standard InChI is InChI=1S/C22H23N3O2S/c23-18-17-15-8-4-5-9-16(15)21(25-10-12-26-13-11-25)24-22(17)27-19(18)20(28)14-6-2-1-3-7-14/h1-3,6-7H,4-5,8-13,23H2. The van der Waals surface area contributed by atoms with Crippen LogP contribution in [0.3, 0.4) is 0 Å². The molecule has 0 spiro atoms. The van der Waals surface area contributed by atoms with E-state index in [1.54, 1.807) is 0 Å². The van der Waals surface area contributed by atoms with Gasteiger partial charge < -0.3 is 19.8 Å². The second kappa shape index (κ2) is 7.18. The molecule has 2 aromatic heterocycles. The van der Waals surface area contributed by atoms with Crippen LogP contribution in [0.4, 0.5) is 11.5 Å². The van der Waals surface area contributed by atoms with Gasteiger partial charge in [-0.3, -0.25) is 0 Å². The van der Waals surface area contributed by atoms with E-state index in [1.807, 2.05) is 30.3 Å². The van der Waals surface area contributed by atoms with Gasteiger partial charge in [-0.1, -0.05) is 42.5 Å². The van der Waals surface area contributed by atoms with Crippen LogP contribution in [0.25, 0.3) is 11.1 Å². The van der Waals surface area contributed by atoms with Crippen LogP contribution in [0.5, 0.6) is 0 Å². The maximum atomic E-state index is 6.57. The van der Waals surface area contributed by atoms with E-state index in [2.05, 4.69) is 4.90 Å². The van der Waals surface area contributed by atoms with Crippen molar-refractivity contribution in [1.29, 1.82) is 0 Å². The molecule has 1 aliphatic carbocycles. The number of hydrogen-bond acceptors (Lipinski definition) is 6. The number of nitrogen functional groups attached to an aromatic ring is 1. The van der Waals surface area contributed by atoms with E-state index < -0.39 is 0 Å². The number of nitrogens with zero attached hydrogens (tertiary/aromatic N) is 2. The van der Waals surface area contributed by atoms with Crippen LogP contribution in [-0.4, -0.2) is 36.2 Å². The van der Waals surface area contributed by atoms with E-state index >= 15 is 0 Å². The Kier molecular flexibility index (Phi) is 4.53. The number of nitrogens with two attached hydrogens (primary N) is 1. The average molecular weight is 394 g/mol. The van der Waals surface area contributed by atoms with E-state index in [1.165, 1.54) is 17.5 Å². The minimum Gasteiger partial charge on any atom is -0.434 e. The van der Waals surface area contributed by atoms with Crippen LogP contribution in [-0.2, 0) is 17.6 Å². The molecule has 1 aliphatic heterocycles. The van der Waals surface area contributed by atoms with Crippen LogP contribution in [0.1, 0.15) is 35.3 Å². The summed E-state index contributed by atoms with van der Waals surface area (Å²) in [5.74, 6) is 1.60. The number of ether oxygens (including phenoxy) is 1. The van der Waals surface area contributed by atoms with Gasteiger partial charge in [-0.15, -0.1) is 0 Å². The highest BCUT2D eigenvalue weighted by molar-refractivity contribution is 7.81. The van der Waals surface area contributed by atoms with E-state index in [4.69, 9.17) is 32.1 Å². The molecule has 5 rings (SSSR count). The molecule has 144 valence electrons. The van der Waals surface area contributed by atoms with Crippen molar-refractivity contribution in [2.24, 2.45) is 0 Å². The van der Waals surface area contributed by atoms with Crippen molar-refractivity contribution in [3.8, 4) is 0 Å². The molecule has 0 bridgehead atoms. The summed E-state index contributed by atoms with van der Waals surface area (Å²) in [6, 6.07) is 9.88. The molecule has 0 radical (unpaired) electrons. The molecular formula is C22H23N3O2S. The minimum atomic E-state index is 0.565. The predicted octanol–water partition coefficient (Wildman–Crippen LogP) is 3.89. The van der Waals surface area contributed by atoms with Gasteiger partial charge in [0.25, 0.3) is 0 Å². The Labute approximate surface area is 169 Å². The third-order valence-electron chi connectivity index (χ3n) is 5.73. The lowest BCUT2D eigenvalue weighted by Crippen LogP contribution is -2.37. The summed E-state index contributed by atoms with van der Waals surface area (Å²) < 4.78 is 11.7. The number of anilines is 2. The molecule has 0 amide bonds. The SMILES string of the molecule is Nc1c(C(=S)c2ccccc2)oc2nc(N3CCOCC3)c3c(c12)CCCC3. The molecule has 0 unspecified atom stereocenters. The largest absolute Gasteiger partial charge is 0.434 e. The summed E-state index contributed by atoms with van der Waals surface area (Å²) >= 11 is 5.70. The Morgan fingerprint density at radius 2 is 1.75 bits per heavy atom. The quantitative estimate of drug-likeness (QED) is 0.538. The van der Waals surface area contributed by atoms with E-state index in [-0.39, 0.29) is 0 Å². The van der Waals surface area contributed by atoms with Crippen LogP contribution in [0.2, 0.25) is 0 Å². The maximum absolute atomic E-state index is 6.57. The van der Waals surface area contributed by atoms with Crippen LogP contribution in [0.15, 0.2) is 34.7 Å². The number of furan rings is 1.